The molecule has 0 aromatic carbocycles. The third-order valence-corrected chi connectivity index (χ3v) is 5.26. The highest BCUT2D eigenvalue weighted by Gasteiger charge is 2.43. The van der Waals surface area contributed by atoms with Gasteiger partial charge in [0, 0.05) is 18.5 Å². The molecule has 1 aromatic rings. The van der Waals surface area contributed by atoms with Gasteiger partial charge in [0.15, 0.2) is 0 Å². The van der Waals surface area contributed by atoms with Crippen LogP contribution in [0.25, 0.3) is 0 Å². The molecule has 1 fully saturated rings. The summed E-state index contributed by atoms with van der Waals surface area (Å²) in [6, 6.07) is 0.105. The quantitative estimate of drug-likeness (QED) is 0.814. The molecule has 2 amide bonds. The second-order valence-electron chi connectivity index (χ2n) is 7.11. The molecule has 0 saturated heterocycles. The molecule has 26 heavy (non-hydrogen) atoms. The molecule has 136 valence electrons. The maximum absolute atomic E-state index is 13.0. The van der Waals surface area contributed by atoms with Crippen molar-refractivity contribution in [3.05, 3.63) is 36.0 Å². The number of nitrogens with zero attached hydrogens (tertiary/aromatic N) is 4. The molecule has 3 aliphatic rings. The van der Waals surface area contributed by atoms with Gasteiger partial charge in [0.2, 0.25) is 12.3 Å². The number of hydrogen-bond acceptors (Lipinski definition) is 4. The smallest absolute Gasteiger partial charge is 0.348 e. The van der Waals surface area contributed by atoms with E-state index in [1.165, 1.54) is 0 Å². The summed E-state index contributed by atoms with van der Waals surface area (Å²) in [6.45, 7) is 2.10. The molecule has 1 saturated carbocycles. The van der Waals surface area contributed by atoms with Crippen LogP contribution >= 0.6 is 0 Å². The Kier molecular flexibility index (Phi) is 4.53. The van der Waals surface area contributed by atoms with E-state index in [0.29, 0.717) is 5.82 Å². The van der Waals surface area contributed by atoms with Gasteiger partial charge in [0.05, 0.1) is 0 Å². The maximum Gasteiger partial charge on any atom is 0.457 e. The van der Waals surface area contributed by atoms with Crippen LogP contribution in [-0.2, 0) is 11.2 Å². The number of carbonyl (C=O) groups is 2. The molecular formula is C19H24N5O2+. The zero-order valence-electron chi connectivity index (χ0n) is 15.0. The third kappa shape index (κ3) is 2.91. The van der Waals surface area contributed by atoms with Crippen molar-refractivity contribution in [3.63, 3.8) is 0 Å². The van der Waals surface area contributed by atoms with E-state index >= 15 is 0 Å². The first-order chi connectivity index (χ1) is 12.7. The molecule has 0 radical (unpaired) electrons. The Balaban J connectivity index is 1.64. The molecule has 1 atom stereocenters. The zero-order valence-corrected chi connectivity index (χ0v) is 15.0. The average molecular weight is 354 g/mol. The number of allylic oxidation sites excluding steroid dienone is 4. The third-order valence-electron chi connectivity index (χ3n) is 5.26. The predicted molar refractivity (Wildman–Crippen MR) is 96.2 cm³/mol. The summed E-state index contributed by atoms with van der Waals surface area (Å²) < 4.78 is 3.46. The lowest BCUT2D eigenvalue weighted by atomic mass is 10.0. The summed E-state index contributed by atoms with van der Waals surface area (Å²) in [5.41, 5.74) is 0.809. The maximum atomic E-state index is 13.0. The lowest BCUT2D eigenvalue weighted by molar-refractivity contribution is -0.421. The van der Waals surface area contributed by atoms with Crippen molar-refractivity contribution < 1.29 is 14.2 Å². The Morgan fingerprint density at radius 3 is 2.88 bits per heavy atom. The first-order valence-corrected chi connectivity index (χ1v) is 9.45. The number of aryl methyl sites for hydroxylation is 1. The van der Waals surface area contributed by atoms with E-state index in [1.807, 2.05) is 28.9 Å². The minimum absolute atomic E-state index is 0.0231. The summed E-state index contributed by atoms with van der Waals surface area (Å²) in [4.78, 5) is 25.5. The van der Waals surface area contributed by atoms with E-state index in [9.17, 15) is 9.59 Å². The zero-order chi connectivity index (χ0) is 18.1. The second kappa shape index (κ2) is 6.97. The van der Waals surface area contributed by atoms with E-state index in [1.54, 1.807) is 4.58 Å². The summed E-state index contributed by atoms with van der Waals surface area (Å²) in [5, 5.41) is 11.4. The van der Waals surface area contributed by atoms with Crippen molar-refractivity contribution in [1.82, 2.24) is 20.1 Å². The average Bonchev–Trinajstić information content (AvgIpc) is 3.29. The fraction of sp³-hybridized carbons (Fsp3) is 0.526. The van der Waals surface area contributed by atoms with Crippen LogP contribution in [0.1, 0.15) is 61.5 Å². The van der Waals surface area contributed by atoms with Gasteiger partial charge >= 0.3 is 5.91 Å². The number of amides is 2. The molecule has 1 unspecified atom stereocenters. The van der Waals surface area contributed by atoms with E-state index in [-0.39, 0.29) is 30.4 Å². The monoisotopic (exact) mass is 354 g/mol. The molecule has 1 aromatic heterocycles. The number of fused-ring (bicyclic) bond motifs is 3. The van der Waals surface area contributed by atoms with Crippen LogP contribution in [-0.4, -0.2) is 49.5 Å². The van der Waals surface area contributed by atoms with Gasteiger partial charge < -0.3 is 5.32 Å². The van der Waals surface area contributed by atoms with Crippen LogP contribution in [0.2, 0.25) is 0 Å². The Bertz CT molecular complexity index is 827. The number of aromatic nitrogens is 3. The van der Waals surface area contributed by atoms with E-state index in [0.717, 1.165) is 50.1 Å². The fourth-order valence-electron chi connectivity index (χ4n) is 4.03. The highest BCUT2D eigenvalue weighted by atomic mass is 16.2. The molecule has 2 heterocycles. The summed E-state index contributed by atoms with van der Waals surface area (Å²) in [5.74, 6) is 0.762. The van der Waals surface area contributed by atoms with Gasteiger partial charge in [-0.1, -0.05) is 38.0 Å². The van der Waals surface area contributed by atoms with Crippen molar-refractivity contribution in [2.75, 3.05) is 6.54 Å². The number of hydrogen-bond donors (Lipinski definition) is 1. The topological polar surface area (TPSA) is 79.9 Å². The van der Waals surface area contributed by atoms with E-state index in [4.69, 9.17) is 0 Å². The number of carbonyl (C=O) groups excluding carboxylic acids is 2. The predicted octanol–water partition coefficient (Wildman–Crippen LogP) is 1.56. The van der Waals surface area contributed by atoms with Crippen molar-refractivity contribution in [2.45, 2.75) is 57.5 Å². The first kappa shape index (κ1) is 16.9. The highest BCUT2D eigenvalue weighted by Crippen LogP contribution is 2.25. The van der Waals surface area contributed by atoms with Gasteiger partial charge in [-0.25, -0.2) is 4.79 Å². The molecule has 2 aliphatic carbocycles. The van der Waals surface area contributed by atoms with Gasteiger partial charge in [-0.3, -0.25) is 9.36 Å². The largest absolute Gasteiger partial charge is 0.457 e. The van der Waals surface area contributed by atoms with Gasteiger partial charge in [-0.15, -0.1) is 14.8 Å². The minimum atomic E-state index is -0.257. The van der Waals surface area contributed by atoms with Crippen LogP contribution in [0.4, 0.5) is 0 Å². The van der Waals surface area contributed by atoms with Gasteiger partial charge in [-0.2, -0.15) is 0 Å². The molecule has 7 heteroatoms. The first-order valence-electron chi connectivity index (χ1n) is 9.45. The minimum Gasteiger partial charge on any atom is -0.348 e. The molecule has 1 N–H and O–H groups in total. The van der Waals surface area contributed by atoms with Crippen molar-refractivity contribution >= 4 is 17.5 Å². The Hall–Kier alpha value is -2.57. The van der Waals surface area contributed by atoms with E-state index < -0.39 is 0 Å². The van der Waals surface area contributed by atoms with Gasteiger partial charge in [0.1, 0.15) is 11.9 Å². The molecule has 4 rings (SSSR count). The lowest BCUT2D eigenvalue weighted by Crippen LogP contribution is -2.46. The summed E-state index contributed by atoms with van der Waals surface area (Å²) >= 11 is 0. The van der Waals surface area contributed by atoms with Crippen LogP contribution in [0.5, 0.6) is 0 Å². The van der Waals surface area contributed by atoms with Gasteiger partial charge in [-0.05, 0) is 19.3 Å². The van der Waals surface area contributed by atoms with Crippen molar-refractivity contribution in [2.24, 2.45) is 0 Å². The SMILES string of the molecule is CCCc1nnc2n1C1C=CC=CC1=[N+](CC(=O)NC1CCCC1)C2=O. The molecule has 0 spiro atoms. The second-order valence-corrected chi connectivity index (χ2v) is 7.11. The highest BCUT2D eigenvalue weighted by molar-refractivity contribution is 6.04. The number of rotatable bonds is 5. The van der Waals surface area contributed by atoms with Crippen molar-refractivity contribution in [1.29, 1.82) is 0 Å². The molecule has 0 bridgehead atoms. The normalized spacial score (nSPS) is 21.9. The molecule has 1 aliphatic heterocycles. The molecular weight excluding hydrogens is 330 g/mol. The Morgan fingerprint density at radius 1 is 1.31 bits per heavy atom. The van der Waals surface area contributed by atoms with Crippen LogP contribution in [0.3, 0.4) is 0 Å². The summed E-state index contributed by atoms with van der Waals surface area (Å²) in [7, 11) is 0. The number of nitrogens with one attached hydrogen (secondary N) is 1. The van der Waals surface area contributed by atoms with Crippen LogP contribution in [0, 0.1) is 0 Å². The molecule has 7 nitrogen and oxygen atoms in total. The summed E-state index contributed by atoms with van der Waals surface area (Å²) in [6.07, 6.45) is 13.8. The Labute approximate surface area is 152 Å². The van der Waals surface area contributed by atoms with E-state index in [2.05, 4.69) is 22.4 Å². The Morgan fingerprint density at radius 2 is 2.12 bits per heavy atom. The van der Waals surface area contributed by atoms with Crippen LogP contribution < -0.4 is 5.32 Å². The van der Waals surface area contributed by atoms with Gasteiger partial charge in [0.25, 0.3) is 11.7 Å². The van der Waals surface area contributed by atoms with Crippen molar-refractivity contribution in [3.8, 4) is 0 Å². The lowest BCUT2D eigenvalue weighted by Gasteiger charge is -2.23. The standard InChI is InChI=1S/C19H23N5O2/c1-2-7-16-21-22-18-19(26)23(12-17(25)20-13-8-3-4-9-13)14-10-5-6-11-15(14)24(16)18/h5-6,10-11,13,15H,2-4,7-9,12H2,1H3/p+1. The fourth-order valence-corrected chi connectivity index (χ4v) is 4.03. The van der Waals surface area contributed by atoms with Crippen LogP contribution in [0.15, 0.2) is 24.3 Å².